The van der Waals surface area contributed by atoms with Gasteiger partial charge in [-0.05, 0) is 83.2 Å². The summed E-state index contributed by atoms with van der Waals surface area (Å²) in [7, 11) is 0. The molecule has 2 rings (SSSR count). The first kappa shape index (κ1) is 32.0. The number of benzene rings is 2. The van der Waals surface area contributed by atoms with E-state index in [9.17, 15) is 0 Å². The fourth-order valence-electron chi connectivity index (χ4n) is 3.11. The molecule has 0 aromatic heterocycles. The molecule has 2 heteroatoms. The first-order valence-corrected chi connectivity index (χ1v) is 12.7. The van der Waals surface area contributed by atoms with E-state index in [2.05, 4.69) is 102 Å². The SMILES string of the molecule is C=C(C)/C(=C/C=C\C)CC.C=C(NCc1ccc(OC(C)(C)C)c(C)c1)c1ccc(C)cc1.CC. The molecule has 0 saturated carbocycles. The van der Waals surface area contributed by atoms with Crippen LogP contribution in [0.1, 0.15) is 84.1 Å². The Balaban J connectivity index is 0.000000813. The van der Waals surface area contributed by atoms with E-state index >= 15 is 0 Å². The van der Waals surface area contributed by atoms with E-state index in [4.69, 9.17) is 4.74 Å². The first-order valence-electron chi connectivity index (χ1n) is 12.7. The summed E-state index contributed by atoms with van der Waals surface area (Å²) < 4.78 is 5.96. The van der Waals surface area contributed by atoms with Gasteiger partial charge in [-0.3, -0.25) is 0 Å². The molecule has 0 fully saturated rings. The third-order valence-corrected chi connectivity index (χ3v) is 4.98. The molecule has 0 saturated heterocycles. The van der Waals surface area contributed by atoms with E-state index < -0.39 is 0 Å². The average Bonchev–Trinajstić information content (AvgIpc) is 2.81. The van der Waals surface area contributed by atoms with E-state index in [1.807, 2.05) is 45.9 Å². The highest BCUT2D eigenvalue weighted by Crippen LogP contribution is 2.24. The molecule has 0 spiro atoms. The minimum absolute atomic E-state index is 0.176. The zero-order valence-corrected chi connectivity index (χ0v) is 24.0. The van der Waals surface area contributed by atoms with Gasteiger partial charge in [0.15, 0.2) is 0 Å². The van der Waals surface area contributed by atoms with Gasteiger partial charge >= 0.3 is 0 Å². The maximum absolute atomic E-state index is 5.96. The van der Waals surface area contributed by atoms with Crippen LogP contribution < -0.4 is 10.1 Å². The van der Waals surface area contributed by atoms with Crippen LogP contribution in [0.4, 0.5) is 0 Å². The van der Waals surface area contributed by atoms with E-state index in [1.54, 1.807) is 0 Å². The number of aryl methyl sites for hydroxylation is 2. The number of ether oxygens (including phenoxy) is 1. The highest BCUT2D eigenvalue weighted by Gasteiger charge is 2.13. The fourth-order valence-corrected chi connectivity index (χ4v) is 3.11. The Bertz CT molecular complexity index is 969. The average molecular weight is 476 g/mol. The molecule has 0 radical (unpaired) electrons. The zero-order chi connectivity index (χ0) is 27.0. The second-order valence-corrected chi connectivity index (χ2v) is 9.36. The molecule has 2 aromatic rings. The van der Waals surface area contributed by atoms with Gasteiger partial charge in [0.25, 0.3) is 0 Å². The number of hydrogen-bond donors (Lipinski definition) is 1. The largest absolute Gasteiger partial charge is 0.488 e. The van der Waals surface area contributed by atoms with Crippen molar-refractivity contribution in [3.8, 4) is 5.75 Å². The van der Waals surface area contributed by atoms with Crippen molar-refractivity contribution in [3.05, 3.63) is 107 Å². The number of allylic oxidation sites excluding steroid dienone is 5. The maximum Gasteiger partial charge on any atom is 0.123 e. The van der Waals surface area contributed by atoms with Crippen molar-refractivity contribution in [2.24, 2.45) is 0 Å². The second kappa shape index (κ2) is 16.6. The number of hydrogen-bond acceptors (Lipinski definition) is 2. The van der Waals surface area contributed by atoms with Crippen molar-refractivity contribution >= 4 is 5.70 Å². The van der Waals surface area contributed by atoms with Crippen LogP contribution in [0.25, 0.3) is 5.70 Å². The third kappa shape index (κ3) is 13.5. The molecule has 0 atom stereocenters. The van der Waals surface area contributed by atoms with E-state index in [-0.39, 0.29) is 5.60 Å². The van der Waals surface area contributed by atoms with E-state index in [1.165, 1.54) is 22.3 Å². The molecule has 1 N–H and O–H groups in total. The third-order valence-electron chi connectivity index (χ3n) is 4.98. The normalized spacial score (nSPS) is 11.1. The van der Waals surface area contributed by atoms with Gasteiger partial charge in [0.05, 0.1) is 0 Å². The summed E-state index contributed by atoms with van der Waals surface area (Å²) in [6, 6.07) is 14.7. The predicted octanol–water partition coefficient (Wildman–Crippen LogP) is 9.74. The molecular weight excluding hydrogens is 426 g/mol. The molecule has 35 heavy (non-hydrogen) atoms. The molecule has 0 amide bonds. The van der Waals surface area contributed by atoms with Crippen molar-refractivity contribution in [2.45, 2.75) is 87.8 Å². The molecule has 192 valence electrons. The topological polar surface area (TPSA) is 21.3 Å². The zero-order valence-electron chi connectivity index (χ0n) is 24.0. The lowest BCUT2D eigenvalue weighted by molar-refractivity contribution is 0.130. The van der Waals surface area contributed by atoms with Gasteiger partial charge in [0.1, 0.15) is 11.4 Å². The van der Waals surface area contributed by atoms with E-state index in [0.29, 0.717) is 0 Å². The van der Waals surface area contributed by atoms with Crippen molar-refractivity contribution in [2.75, 3.05) is 0 Å². The van der Waals surface area contributed by atoms with Crippen molar-refractivity contribution < 1.29 is 4.74 Å². The minimum atomic E-state index is -0.176. The Morgan fingerprint density at radius 1 is 1.00 bits per heavy atom. The van der Waals surface area contributed by atoms with Crippen LogP contribution in [0, 0.1) is 13.8 Å². The first-order chi connectivity index (χ1) is 16.5. The standard InChI is InChI=1S/C21H27NO.C10H16.C2H6/c1-15-7-10-19(11-8-15)17(3)22-14-18-9-12-20(16(2)13-18)23-21(4,5)6;1-5-7-8-10(6-2)9(3)4;1-2/h7-13,22H,3,14H2,1-2,4-6H3;5,7-8H,3,6H2,1-2,4H3;1-2H3/b;7-5-,10-8+;. The predicted molar refractivity (Wildman–Crippen MR) is 158 cm³/mol. The van der Waals surface area contributed by atoms with Gasteiger partial charge in [0.2, 0.25) is 0 Å². The van der Waals surface area contributed by atoms with Gasteiger partial charge in [-0.2, -0.15) is 0 Å². The van der Waals surface area contributed by atoms with Crippen LogP contribution in [-0.2, 0) is 6.54 Å². The van der Waals surface area contributed by atoms with Crippen molar-refractivity contribution in [1.29, 1.82) is 0 Å². The Hall–Kier alpha value is -3.00. The Morgan fingerprint density at radius 3 is 2.06 bits per heavy atom. The van der Waals surface area contributed by atoms with Gasteiger partial charge < -0.3 is 10.1 Å². The Labute approximate surface area is 216 Å². The number of rotatable bonds is 8. The molecule has 0 aliphatic carbocycles. The van der Waals surface area contributed by atoms with Crippen LogP contribution in [0.2, 0.25) is 0 Å². The Kier molecular flexibility index (Phi) is 15.2. The molecule has 0 bridgehead atoms. The molecule has 2 nitrogen and oxygen atoms in total. The molecule has 0 aliphatic rings. The highest BCUT2D eigenvalue weighted by molar-refractivity contribution is 5.61. The summed E-state index contributed by atoms with van der Waals surface area (Å²) in [6.07, 6.45) is 7.26. The fraction of sp³-hybridized carbons (Fsp3) is 0.394. The van der Waals surface area contributed by atoms with Crippen LogP contribution in [0.5, 0.6) is 5.75 Å². The summed E-state index contributed by atoms with van der Waals surface area (Å²) in [6.45, 7) is 29.3. The summed E-state index contributed by atoms with van der Waals surface area (Å²) >= 11 is 0. The van der Waals surface area contributed by atoms with E-state index in [0.717, 1.165) is 35.5 Å². The Morgan fingerprint density at radius 2 is 1.60 bits per heavy atom. The molecule has 0 aliphatic heterocycles. The second-order valence-electron chi connectivity index (χ2n) is 9.36. The monoisotopic (exact) mass is 475 g/mol. The molecule has 0 unspecified atom stereocenters. The van der Waals surface area contributed by atoms with Crippen molar-refractivity contribution in [3.63, 3.8) is 0 Å². The van der Waals surface area contributed by atoms with Gasteiger partial charge in [-0.25, -0.2) is 0 Å². The summed E-state index contributed by atoms with van der Waals surface area (Å²) in [4.78, 5) is 0. The lowest BCUT2D eigenvalue weighted by Crippen LogP contribution is -2.23. The smallest absolute Gasteiger partial charge is 0.123 e. The quantitative estimate of drug-likeness (QED) is 0.384. The summed E-state index contributed by atoms with van der Waals surface area (Å²) in [5.74, 6) is 0.943. The van der Waals surface area contributed by atoms with Crippen LogP contribution in [-0.4, -0.2) is 5.60 Å². The highest BCUT2D eigenvalue weighted by atomic mass is 16.5. The van der Waals surface area contributed by atoms with Gasteiger partial charge in [0, 0.05) is 12.2 Å². The van der Waals surface area contributed by atoms with Crippen LogP contribution in [0.15, 0.2) is 85.0 Å². The molecule has 0 heterocycles. The summed E-state index contributed by atoms with van der Waals surface area (Å²) in [5.41, 5.74) is 8.02. The molecular formula is C33H49NO. The minimum Gasteiger partial charge on any atom is -0.488 e. The lowest BCUT2D eigenvalue weighted by atomic mass is 10.1. The summed E-state index contributed by atoms with van der Waals surface area (Å²) in [5, 5.41) is 3.39. The maximum atomic E-state index is 5.96. The lowest BCUT2D eigenvalue weighted by Gasteiger charge is -2.23. The van der Waals surface area contributed by atoms with Gasteiger partial charge in [-0.15, -0.1) is 0 Å². The molecule has 2 aromatic carbocycles. The number of nitrogens with one attached hydrogen (secondary N) is 1. The van der Waals surface area contributed by atoms with Crippen LogP contribution in [0.3, 0.4) is 0 Å². The van der Waals surface area contributed by atoms with Crippen LogP contribution >= 0.6 is 0 Å². The van der Waals surface area contributed by atoms with Gasteiger partial charge in [-0.1, -0.05) is 99.7 Å². The van der Waals surface area contributed by atoms with Crippen molar-refractivity contribution in [1.82, 2.24) is 5.32 Å².